The van der Waals surface area contributed by atoms with E-state index in [1.165, 1.54) is 0 Å². The molecule has 0 radical (unpaired) electrons. The molecule has 4 rings (SSSR count). The number of amides is 1. The van der Waals surface area contributed by atoms with Crippen LogP contribution in [0.3, 0.4) is 0 Å². The molecule has 0 bridgehead atoms. The number of fused-ring (bicyclic) bond motifs is 3. The minimum Gasteiger partial charge on any atom is -0.497 e. The van der Waals surface area contributed by atoms with Crippen molar-refractivity contribution in [2.24, 2.45) is 17.8 Å². The van der Waals surface area contributed by atoms with Crippen LogP contribution in [0.5, 0.6) is 5.75 Å². The van der Waals surface area contributed by atoms with Gasteiger partial charge in [0.15, 0.2) is 6.23 Å². The number of piperidine rings is 1. The smallest absolute Gasteiger partial charge is 0.229 e. The molecule has 0 spiro atoms. The molecule has 1 aromatic carbocycles. The molecule has 5 heteroatoms. The third-order valence-electron chi connectivity index (χ3n) is 5.01. The minimum absolute atomic E-state index is 0.152. The molecule has 0 N–H and O–H groups in total. The molecule has 21 heavy (non-hydrogen) atoms. The number of hydrogen-bond acceptors (Lipinski definition) is 4. The maximum absolute atomic E-state index is 12.6. The van der Waals surface area contributed by atoms with Gasteiger partial charge in [-0.2, -0.15) is 0 Å². The molecule has 2 heterocycles. The van der Waals surface area contributed by atoms with Gasteiger partial charge in [-0.25, -0.2) is 0 Å². The fourth-order valence-corrected chi connectivity index (χ4v) is 3.98. The third kappa shape index (κ3) is 1.80. The zero-order valence-electron chi connectivity index (χ0n) is 12.2. The standard InChI is InChI=1S/C16H19NO4/c1-19-7-11-13-12-8-21-16(17(12)15(18)14(11)13)9-3-5-10(20-2)6-4-9/h3-6,11-14,16H,7-8H2,1-2H3. The molecule has 112 valence electrons. The summed E-state index contributed by atoms with van der Waals surface area (Å²) in [6.07, 6.45) is -0.246. The Bertz CT molecular complexity index is 558. The molecule has 0 aromatic heterocycles. The van der Waals surface area contributed by atoms with E-state index >= 15 is 0 Å². The van der Waals surface area contributed by atoms with Gasteiger partial charge >= 0.3 is 0 Å². The van der Waals surface area contributed by atoms with Crippen molar-refractivity contribution < 1.29 is 19.0 Å². The van der Waals surface area contributed by atoms with E-state index in [-0.39, 0.29) is 24.1 Å². The highest BCUT2D eigenvalue weighted by Crippen LogP contribution is 2.60. The topological polar surface area (TPSA) is 48.0 Å². The Morgan fingerprint density at radius 1 is 1.29 bits per heavy atom. The average molecular weight is 289 g/mol. The third-order valence-corrected chi connectivity index (χ3v) is 5.01. The summed E-state index contributed by atoms with van der Waals surface area (Å²) in [6.45, 7) is 1.31. The van der Waals surface area contributed by atoms with Gasteiger partial charge < -0.3 is 19.1 Å². The van der Waals surface area contributed by atoms with Crippen molar-refractivity contribution in [2.45, 2.75) is 12.3 Å². The van der Waals surface area contributed by atoms with E-state index < -0.39 is 0 Å². The van der Waals surface area contributed by atoms with Crippen LogP contribution in [0.2, 0.25) is 0 Å². The van der Waals surface area contributed by atoms with Gasteiger partial charge in [0.2, 0.25) is 5.91 Å². The van der Waals surface area contributed by atoms with Crippen LogP contribution in [0, 0.1) is 17.8 Å². The first-order valence-electron chi connectivity index (χ1n) is 7.33. The molecular formula is C16H19NO4. The van der Waals surface area contributed by atoms with Gasteiger partial charge in [0.05, 0.1) is 26.4 Å². The van der Waals surface area contributed by atoms with Crippen LogP contribution >= 0.6 is 0 Å². The second kappa shape index (κ2) is 4.71. The van der Waals surface area contributed by atoms with Crippen molar-refractivity contribution in [3.63, 3.8) is 0 Å². The van der Waals surface area contributed by atoms with E-state index in [1.807, 2.05) is 29.2 Å². The first kappa shape index (κ1) is 13.1. The second-order valence-electron chi connectivity index (χ2n) is 5.99. The number of hydrogen-bond donors (Lipinski definition) is 0. The molecular weight excluding hydrogens is 270 g/mol. The SMILES string of the molecule is COCC1C2C(=O)N3C(c4ccc(OC)cc4)OCC3C12. The summed E-state index contributed by atoms with van der Waals surface area (Å²) in [5, 5.41) is 0. The van der Waals surface area contributed by atoms with E-state index in [0.717, 1.165) is 11.3 Å². The van der Waals surface area contributed by atoms with E-state index in [9.17, 15) is 4.79 Å². The van der Waals surface area contributed by atoms with E-state index in [1.54, 1.807) is 14.2 Å². The molecule has 3 aliphatic rings. The van der Waals surface area contributed by atoms with Crippen molar-refractivity contribution in [3.8, 4) is 5.75 Å². The van der Waals surface area contributed by atoms with Gasteiger partial charge in [-0.1, -0.05) is 12.1 Å². The van der Waals surface area contributed by atoms with E-state index in [2.05, 4.69) is 0 Å². The lowest BCUT2D eigenvalue weighted by atomic mass is 10.1. The average Bonchev–Trinajstić information content (AvgIpc) is 2.91. The lowest BCUT2D eigenvalue weighted by Crippen LogP contribution is -2.36. The van der Waals surface area contributed by atoms with Crippen LogP contribution in [0.25, 0.3) is 0 Å². The first-order valence-corrected chi connectivity index (χ1v) is 7.33. The Morgan fingerprint density at radius 3 is 2.71 bits per heavy atom. The fourth-order valence-electron chi connectivity index (χ4n) is 3.98. The highest BCUT2D eigenvalue weighted by atomic mass is 16.5. The van der Waals surface area contributed by atoms with Crippen LogP contribution in [0.15, 0.2) is 24.3 Å². The number of benzene rings is 1. The van der Waals surface area contributed by atoms with E-state index in [0.29, 0.717) is 25.0 Å². The fraction of sp³-hybridized carbons (Fsp3) is 0.562. The van der Waals surface area contributed by atoms with Gasteiger partial charge in [-0.15, -0.1) is 0 Å². The highest BCUT2D eigenvalue weighted by Gasteiger charge is 2.69. The molecule has 2 saturated heterocycles. The van der Waals surface area contributed by atoms with Crippen molar-refractivity contribution in [1.29, 1.82) is 0 Å². The largest absolute Gasteiger partial charge is 0.497 e. The molecule has 1 aromatic rings. The van der Waals surface area contributed by atoms with E-state index in [4.69, 9.17) is 14.2 Å². The number of rotatable bonds is 4. The summed E-state index contributed by atoms with van der Waals surface area (Å²) in [7, 11) is 3.34. The van der Waals surface area contributed by atoms with Gasteiger partial charge in [0, 0.05) is 18.6 Å². The molecule has 5 unspecified atom stereocenters. The zero-order valence-corrected chi connectivity index (χ0v) is 12.2. The monoisotopic (exact) mass is 289 g/mol. The van der Waals surface area contributed by atoms with Crippen LogP contribution in [0.4, 0.5) is 0 Å². The predicted octanol–water partition coefficient (Wildman–Crippen LogP) is 1.44. The zero-order chi connectivity index (χ0) is 14.6. The Kier molecular flexibility index (Phi) is 2.94. The van der Waals surface area contributed by atoms with Crippen LogP contribution < -0.4 is 4.74 Å². The summed E-state index contributed by atoms with van der Waals surface area (Å²) < 4.78 is 16.3. The van der Waals surface area contributed by atoms with Crippen LogP contribution in [-0.2, 0) is 14.3 Å². The van der Waals surface area contributed by atoms with Crippen molar-refractivity contribution in [1.82, 2.24) is 4.90 Å². The van der Waals surface area contributed by atoms with Gasteiger partial charge in [-0.05, 0) is 24.0 Å². The maximum Gasteiger partial charge on any atom is 0.229 e. The summed E-state index contributed by atoms with van der Waals surface area (Å²) in [6, 6.07) is 7.96. The Labute approximate surface area is 123 Å². The van der Waals surface area contributed by atoms with Gasteiger partial charge in [-0.3, -0.25) is 4.79 Å². The summed E-state index contributed by atoms with van der Waals surface area (Å²) >= 11 is 0. The second-order valence-corrected chi connectivity index (χ2v) is 5.99. The molecule has 1 amide bonds. The molecule has 3 fully saturated rings. The first-order chi connectivity index (χ1) is 10.3. The van der Waals surface area contributed by atoms with Crippen LogP contribution in [0.1, 0.15) is 11.8 Å². The molecule has 1 aliphatic carbocycles. The molecule has 5 nitrogen and oxygen atoms in total. The molecule has 1 saturated carbocycles. The maximum atomic E-state index is 12.6. The lowest BCUT2D eigenvalue weighted by Gasteiger charge is -2.26. The lowest BCUT2D eigenvalue weighted by molar-refractivity contribution is -0.137. The minimum atomic E-state index is -0.246. The quantitative estimate of drug-likeness (QED) is 0.841. The Morgan fingerprint density at radius 2 is 2.05 bits per heavy atom. The van der Waals surface area contributed by atoms with Gasteiger partial charge in [0.25, 0.3) is 0 Å². The van der Waals surface area contributed by atoms with Crippen molar-refractivity contribution >= 4 is 5.91 Å². The normalized spacial score (nSPS) is 36.6. The number of ether oxygens (including phenoxy) is 3. The Balaban J connectivity index is 1.54. The summed E-state index contributed by atoms with van der Waals surface area (Å²) in [5.41, 5.74) is 1.01. The number of nitrogens with zero attached hydrogens (tertiary/aromatic N) is 1. The Hall–Kier alpha value is -1.59. The van der Waals surface area contributed by atoms with Gasteiger partial charge in [0.1, 0.15) is 5.75 Å². The number of carbonyl (C=O) groups is 1. The predicted molar refractivity (Wildman–Crippen MR) is 74.7 cm³/mol. The highest BCUT2D eigenvalue weighted by molar-refractivity contribution is 5.86. The molecule has 2 aliphatic heterocycles. The summed E-state index contributed by atoms with van der Waals surface area (Å²) in [5.74, 6) is 2.00. The number of carbonyl (C=O) groups excluding carboxylic acids is 1. The molecule has 5 atom stereocenters. The number of methoxy groups -OCH3 is 2. The van der Waals surface area contributed by atoms with Crippen molar-refractivity contribution in [2.75, 3.05) is 27.4 Å². The summed E-state index contributed by atoms with van der Waals surface area (Å²) in [4.78, 5) is 14.5. The van der Waals surface area contributed by atoms with Crippen molar-refractivity contribution in [3.05, 3.63) is 29.8 Å². The van der Waals surface area contributed by atoms with Crippen LogP contribution in [-0.4, -0.2) is 44.3 Å².